The molecule has 0 spiro atoms. The van der Waals surface area contributed by atoms with Crippen LogP contribution < -0.4 is 5.32 Å². The Hall–Kier alpha value is -2.82. The molecule has 3 aromatic rings. The van der Waals surface area contributed by atoms with E-state index in [9.17, 15) is 9.90 Å². The van der Waals surface area contributed by atoms with Crippen LogP contribution in [0.2, 0.25) is 5.02 Å². The minimum absolute atomic E-state index is 0.379. The second kappa shape index (κ2) is 9.12. The van der Waals surface area contributed by atoms with Gasteiger partial charge in [0.1, 0.15) is 0 Å². The van der Waals surface area contributed by atoms with Crippen LogP contribution in [0, 0.1) is 13.8 Å². The lowest BCUT2D eigenvalue weighted by atomic mass is 10.1. The molecule has 0 saturated heterocycles. The van der Waals surface area contributed by atoms with Gasteiger partial charge in [0.15, 0.2) is 0 Å². The lowest BCUT2D eigenvalue weighted by Crippen LogP contribution is -2.15. The zero-order valence-corrected chi connectivity index (χ0v) is 17.5. The summed E-state index contributed by atoms with van der Waals surface area (Å²) in [4.78, 5) is 12.0. The summed E-state index contributed by atoms with van der Waals surface area (Å²) in [5.41, 5.74) is 6.17. The van der Waals surface area contributed by atoms with Crippen molar-refractivity contribution in [2.75, 3.05) is 0 Å². The molecule has 0 atom stereocenters. The Balaban J connectivity index is 1.83. The summed E-state index contributed by atoms with van der Waals surface area (Å²) >= 11 is 6.04. The highest BCUT2D eigenvalue weighted by Gasteiger charge is 2.22. The minimum atomic E-state index is -0.897. The summed E-state index contributed by atoms with van der Waals surface area (Å²) < 4.78 is 2.07. The zero-order chi connectivity index (χ0) is 21.0. The van der Waals surface area contributed by atoms with Crippen molar-refractivity contribution in [3.05, 3.63) is 99.3 Å². The highest BCUT2D eigenvalue weighted by atomic mass is 35.5. The third-order valence-electron chi connectivity index (χ3n) is 5.20. The number of nitrogens with zero attached hydrogens (tertiary/aromatic N) is 1. The van der Waals surface area contributed by atoms with E-state index in [0.29, 0.717) is 30.2 Å². The molecule has 1 aromatic heterocycles. The van der Waals surface area contributed by atoms with Crippen LogP contribution >= 0.6 is 11.6 Å². The van der Waals surface area contributed by atoms with Gasteiger partial charge in [-0.3, -0.25) is 0 Å². The molecule has 4 nitrogen and oxygen atoms in total. The number of benzene rings is 2. The number of hydrogen-bond acceptors (Lipinski definition) is 2. The summed E-state index contributed by atoms with van der Waals surface area (Å²) in [6.07, 6.45) is 1.81. The van der Waals surface area contributed by atoms with Gasteiger partial charge in [-0.1, -0.05) is 60.7 Å². The van der Waals surface area contributed by atoms with Crippen LogP contribution in [0.5, 0.6) is 0 Å². The molecule has 2 N–H and O–H groups in total. The van der Waals surface area contributed by atoms with Gasteiger partial charge < -0.3 is 15.0 Å². The minimum Gasteiger partial charge on any atom is -0.478 e. The number of carboxylic acids is 1. The Bertz CT molecular complexity index is 1040. The van der Waals surface area contributed by atoms with Gasteiger partial charge in [-0.2, -0.15) is 0 Å². The van der Waals surface area contributed by atoms with Gasteiger partial charge in [-0.05, 0) is 42.7 Å². The number of nitrogens with one attached hydrogen (secondary N) is 1. The number of rotatable bonds is 8. The number of aromatic carboxylic acids is 1. The lowest BCUT2D eigenvalue weighted by molar-refractivity contribution is 0.0694. The van der Waals surface area contributed by atoms with Crippen LogP contribution in [0.15, 0.2) is 55.1 Å². The van der Waals surface area contributed by atoms with Gasteiger partial charge in [0.05, 0.1) is 5.56 Å². The molecule has 0 aliphatic carbocycles. The monoisotopic (exact) mass is 408 g/mol. The second-order valence-corrected chi connectivity index (χ2v) is 7.53. The van der Waals surface area contributed by atoms with Gasteiger partial charge in [0.25, 0.3) is 0 Å². The Morgan fingerprint density at radius 2 is 1.83 bits per heavy atom. The molecule has 2 aromatic carbocycles. The largest absolute Gasteiger partial charge is 0.478 e. The molecule has 1 heterocycles. The van der Waals surface area contributed by atoms with Crippen molar-refractivity contribution in [3.63, 3.8) is 0 Å². The molecule has 0 saturated carbocycles. The zero-order valence-electron chi connectivity index (χ0n) is 16.7. The maximum Gasteiger partial charge on any atom is 0.337 e. The van der Waals surface area contributed by atoms with Crippen molar-refractivity contribution in [3.8, 4) is 0 Å². The number of hydrogen-bond donors (Lipinski definition) is 2. The van der Waals surface area contributed by atoms with Gasteiger partial charge in [-0.15, -0.1) is 0 Å². The molecule has 0 bridgehead atoms. The predicted octanol–water partition coefficient (Wildman–Crippen LogP) is 5.44. The van der Waals surface area contributed by atoms with E-state index in [0.717, 1.165) is 33.6 Å². The summed E-state index contributed by atoms with van der Waals surface area (Å²) in [6.45, 7) is 9.35. The molecule has 5 heteroatoms. The molecule has 0 aliphatic heterocycles. The molecule has 150 valence electrons. The maximum atomic E-state index is 12.0. The van der Waals surface area contributed by atoms with Crippen molar-refractivity contribution < 1.29 is 9.90 Å². The van der Waals surface area contributed by atoms with E-state index < -0.39 is 5.97 Å². The van der Waals surface area contributed by atoms with Crippen LogP contribution in [0.1, 0.15) is 44.0 Å². The van der Waals surface area contributed by atoms with Crippen molar-refractivity contribution >= 4 is 23.6 Å². The fourth-order valence-corrected chi connectivity index (χ4v) is 3.82. The topological polar surface area (TPSA) is 54.3 Å². The van der Waals surface area contributed by atoms with Gasteiger partial charge >= 0.3 is 5.97 Å². The number of aromatic nitrogens is 1. The third-order valence-corrected chi connectivity index (χ3v) is 5.44. The lowest BCUT2D eigenvalue weighted by Gasteiger charge is -2.11. The van der Waals surface area contributed by atoms with Crippen molar-refractivity contribution in [2.45, 2.75) is 33.5 Å². The summed E-state index contributed by atoms with van der Waals surface area (Å²) in [7, 11) is 0. The van der Waals surface area contributed by atoms with Gasteiger partial charge in [-0.25, -0.2) is 4.79 Å². The Morgan fingerprint density at radius 3 is 2.45 bits per heavy atom. The van der Waals surface area contributed by atoms with Crippen molar-refractivity contribution in [1.29, 1.82) is 0 Å². The first-order chi connectivity index (χ1) is 13.9. The quantitative estimate of drug-likeness (QED) is 0.522. The van der Waals surface area contributed by atoms with Crippen LogP contribution in [0.4, 0.5) is 0 Å². The number of carboxylic acid groups (broad SMARTS) is 1. The van der Waals surface area contributed by atoms with Crippen molar-refractivity contribution in [1.82, 2.24) is 9.88 Å². The van der Waals surface area contributed by atoms with E-state index in [1.807, 2.05) is 68.5 Å². The molecule has 0 amide bonds. The average molecular weight is 409 g/mol. The first kappa shape index (κ1) is 20.9. The standard InChI is InChI=1S/C24H25ClN2O2/c1-4-18-8-10-19(11-9-18)15-27-16(2)22(23(17(27)3)24(28)29)14-26-13-20-6-5-7-21(25)12-20/h4-12,26H,1,13-15H2,2-3H3,(H,28,29). The van der Waals surface area contributed by atoms with E-state index >= 15 is 0 Å². The predicted molar refractivity (Wildman–Crippen MR) is 118 cm³/mol. The molecular formula is C24H25ClN2O2. The van der Waals surface area contributed by atoms with Gasteiger partial charge in [0, 0.05) is 41.6 Å². The van der Waals surface area contributed by atoms with E-state index in [1.54, 1.807) is 0 Å². The van der Waals surface area contributed by atoms with E-state index in [2.05, 4.69) is 16.5 Å². The van der Waals surface area contributed by atoms with Crippen LogP contribution in [-0.4, -0.2) is 15.6 Å². The first-order valence-electron chi connectivity index (χ1n) is 9.49. The summed E-state index contributed by atoms with van der Waals surface area (Å²) in [5, 5.41) is 13.8. The molecular weight excluding hydrogens is 384 g/mol. The summed E-state index contributed by atoms with van der Waals surface area (Å²) in [5.74, 6) is -0.897. The Labute approximate surface area is 176 Å². The molecule has 29 heavy (non-hydrogen) atoms. The molecule has 3 rings (SSSR count). The molecule has 0 fully saturated rings. The van der Waals surface area contributed by atoms with Crippen LogP contribution in [0.25, 0.3) is 6.08 Å². The number of halogens is 1. The first-order valence-corrected chi connectivity index (χ1v) is 9.87. The SMILES string of the molecule is C=Cc1ccc(Cn2c(C)c(CNCc3cccc(Cl)c3)c(C(=O)O)c2C)cc1. The molecule has 0 radical (unpaired) electrons. The smallest absolute Gasteiger partial charge is 0.337 e. The number of carbonyl (C=O) groups is 1. The molecule has 0 unspecified atom stereocenters. The second-order valence-electron chi connectivity index (χ2n) is 7.09. The summed E-state index contributed by atoms with van der Waals surface area (Å²) in [6, 6.07) is 15.8. The maximum absolute atomic E-state index is 12.0. The van der Waals surface area contributed by atoms with E-state index in [-0.39, 0.29) is 0 Å². The fourth-order valence-electron chi connectivity index (χ4n) is 3.61. The fraction of sp³-hybridized carbons (Fsp3) is 0.208. The average Bonchev–Trinajstić information content (AvgIpc) is 2.93. The normalized spacial score (nSPS) is 10.9. The van der Waals surface area contributed by atoms with Gasteiger partial charge in [0.2, 0.25) is 0 Å². The Kier molecular flexibility index (Phi) is 6.57. The third kappa shape index (κ3) is 4.78. The van der Waals surface area contributed by atoms with Crippen molar-refractivity contribution in [2.24, 2.45) is 0 Å². The van der Waals surface area contributed by atoms with E-state index in [4.69, 9.17) is 11.6 Å². The van der Waals surface area contributed by atoms with E-state index in [1.165, 1.54) is 0 Å². The Morgan fingerprint density at radius 1 is 1.10 bits per heavy atom. The highest BCUT2D eigenvalue weighted by molar-refractivity contribution is 6.30. The molecule has 0 aliphatic rings. The van der Waals surface area contributed by atoms with Crippen LogP contribution in [0.3, 0.4) is 0 Å². The highest BCUT2D eigenvalue weighted by Crippen LogP contribution is 2.24. The van der Waals surface area contributed by atoms with Crippen LogP contribution in [-0.2, 0) is 19.6 Å².